The molecule has 0 aliphatic heterocycles. The van der Waals surface area contributed by atoms with E-state index in [1.165, 1.54) is 6.92 Å². The highest BCUT2D eigenvalue weighted by molar-refractivity contribution is 8.46. The molecule has 0 atom stereocenters. The number of carbonyl (C=O) groups excluding carboxylic acids is 1. The van der Waals surface area contributed by atoms with Crippen molar-refractivity contribution >= 4 is 16.2 Å². The van der Waals surface area contributed by atoms with E-state index in [1.807, 2.05) is 0 Å². The first kappa shape index (κ1) is 11.5. The molecular formula is C4H7F5O2S. The lowest BCUT2D eigenvalue weighted by Gasteiger charge is -2.38. The molecule has 0 N–H and O–H groups in total. The van der Waals surface area contributed by atoms with Gasteiger partial charge >= 0.3 is 5.97 Å². The fourth-order valence-corrected chi connectivity index (χ4v) is 0.954. The van der Waals surface area contributed by atoms with Gasteiger partial charge in [0, 0.05) is 0 Å². The Balaban J connectivity index is 4.38. The van der Waals surface area contributed by atoms with Crippen LogP contribution in [0.3, 0.4) is 0 Å². The molecule has 0 unspecified atom stereocenters. The van der Waals surface area contributed by atoms with E-state index in [1.54, 1.807) is 0 Å². The number of carbonyl (C=O) groups is 1. The minimum Gasteiger partial charge on any atom is -0.465 e. The Bertz CT molecular complexity index is 193. The summed E-state index contributed by atoms with van der Waals surface area (Å²) in [6.07, 6.45) is 0. The van der Waals surface area contributed by atoms with Crippen molar-refractivity contribution in [2.45, 2.75) is 6.92 Å². The highest BCUT2D eigenvalue weighted by Gasteiger charge is 2.65. The highest BCUT2D eigenvalue weighted by atomic mass is 32.5. The lowest BCUT2D eigenvalue weighted by atomic mass is 10.8. The van der Waals surface area contributed by atoms with Gasteiger partial charge in [0.05, 0.1) is 6.61 Å². The molecule has 0 radical (unpaired) electrons. The van der Waals surface area contributed by atoms with Crippen LogP contribution >= 0.6 is 10.2 Å². The molecule has 0 aliphatic carbocycles. The average Bonchev–Trinajstić information content (AvgIpc) is 1.54. The van der Waals surface area contributed by atoms with Crippen LogP contribution in [-0.4, -0.2) is 18.3 Å². The summed E-state index contributed by atoms with van der Waals surface area (Å²) in [5.41, 5.74) is 0. The first-order valence-electron chi connectivity index (χ1n) is 2.82. The van der Waals surface area contributed by atoms with Crippen LogP contribution in [0.15, 0.2) is 0 Å². The molecule has 12 heavy (non-hydrogen) atoms. The van der Waals surface area contributed by atoms with Gasteiger partial charge in [0.2, 0.25) is 0 Å². The number of esters is 1. The molecule has 0 spiro atoms. The molecule has 76 valence electrons. The van der Waals surface area contributed by atoms with Gasteiger partial charge in [-0.05, 0) is 6.92 Å². The van der Waals surface area contributed by atoms with Gasteiger partial charge in [0.15, 0.2) is 5.75 Å². The zero-order chi connectivity index (χ0) is 10.1. The minimum atomic E-state index is -9.62. The molecule has 0 rings (SSSR count). The van der Waals surface area contributed by atoms with Crippen LogP contribution in [-0.2, 0) is 9.53 Å². The van der Waals surface area contributed by atoms with Crippen LogP contribution in [0.5, 0.6) is 0 Å². The molecule has 0 aromatic carbocycles. The summed E-state index contributed by atoms with van der Waals surface area (Å²) in [6.45, 7) is 0.871. The number of halogens is 5. The molecule has 2 nitrogen and oxygen atoms in total. The van der Waals surface area contributed by atoms with Crippen LogP contribution in [0.1, 0.15) is 6.92 Å². The van der Waals surface area contributed by atoms with Crippen LogP contribution in [0.2, 0.25) is 0 Å². The number of rotatable bonds is 3. The molecule has 0 bridgehead atoms. The van der Waals surface area contributed by atoms with E-state index in [4.69, 9.17) is 0 Å². The summed E-state index contributed by atoms with van der Waals surface area (Å²) >= 11 is 0. The molecule has 0 amide bonds. The Morgan fingerprint density at radius 1 is 1.25 bits per heavy atom. The predicted octanol–water partition coefficient (Wildman–Crippen LogP) is 2.85. The fourth-order valence-electron chi connectivity index (χ4n) is 0.425. The Labute approximate surface area is 65.4 Å². The summed E-state index contributed by atoms with van der Waals surface area (Å²) in [4.78, 5) is 10.1. The first-order chi connectivity index (χ1) is 4.93. The quantitative estimate of drug-likeness (QED) is 0.533. The topological polar surface area (TPSA) is 26.3 Å². The molecule has 0 saturated heterocycles. The Kier molecular flexibility index (Phi) is 2.14. The fraction of sp³-hybridized carbons (Fsp3) is 0.750. The maximum Gasteiger partial charge on any atom is 0.325 e. The van der Waals surface area contributed by atoms with Gasteiger partial charge < -0.3 is 4.74 Å². The lowest BCUT2D eigenvalue weighted by Crippen LogP contribution is -2.21. The Morgan fingerprint density at radius 3 is 1.92 bits per heavy atom. The normalized spacial score (nSPS) is 17.8. The van der Waals surface area contributed by atoms with Gasteiger partial charge in [-0.25, -0.2) is 0 Å². The molecule has 0 heterocycles. The molecule has 0 saturated carbocycles. The molecule has 0 fully saturated rings. The van der Waals surface area contributed by atoms with E-state index in [0.29, 0.717) is 0 Å². The van der Waals surface area contributed by atoms with Gasteiger partial charge in [0.25, 0.3) is 10.2 Å². The molecular weight excluding hydrogens is 207 g/mol. The minimum absolute atomic E-state index is 0.354. The van der Waals surface area contributed by atoms with Crippen molar-refractivity contribution in [3.05, 3.63) is 0 Å². The first-order valence-corrected chi connectivity index (χ1v) is 4.94. The van der Waals surface area contributed by atoms with Crippen LogP contribution in [0.4, 0.5) is 19.4 Å². The number of ether oxygens (including phenoxy) is 1. The van der Waals surface area contributed by atoms with E-state index < -0.39 is 21.9 Å². The second kappa shape index (κ2) is 2.24. The Morgan fingerprint density at radius 2 is 1.67 bits per heavy atom. The van der Waals surface area contributed by atoms with Crippen molar-refractivity contribution in [1.82, 2.24) is 0 Å². The Hall–Kier alpha value is -0.530. The summed E-state index contributed by atoms with van der Waals surface area (Å²) in [5, 5.41) is 0. The van der Waals surface area contributed by atoms with Crippen LogP contribution < -0.4 is 0 Å². The van der Waals surface area contributed by atoms with Gasteiger partial charge in [-0.2, -0.15) is 0 Å². The van der Waals surface area contributed by atoms with Gasteiger partial charge in [-0.3, -0.25) is 4.79 Å². The molecule has 0 aliphatic rings. The summed E-state index contributed by atoms with van der Waals surface area (Å²) in [6, 6.07) is 0. The van der Waals surface area contributed by atoms with E-state index in [2.05, 4.69) is 4.74 Å². The highest BCUT2D eigenvalue weighted by Crippen LogP contribution is 2.97. The zero-order valence-electron chi connectivity index (χ0n) is 6.03. The standard InChI is InChI=1S/C4H7F5O2S/c1-2-11-4(10)3-12(5,6,7,8)9/h2-3H2,1H3. The van der Waals surface area contributed by atoms with Crippen molar-refractivity contribution in [2.75, 3.05) is 12.4 Å². The third-order valence-electron chi connectivity index (χ3n) is 0.696. The SMILES string of the molecule is CCOC(=O)CS(F)(F)(F)(F)F. The van der Waals surface area contributed by atoms with Crippen molar-refractivity contribution < 1.29 is 29.0 Å². The van der Waals surface area contributed by atoms with E-state index in [9.17, 15) is 24.2 Å². The monoisotopic (exact) mass is 214 g/mol. The molecule has 0 aromatic heterocycles. The molecule has 0 aromatic rings. The van der Waals surface area contributed by atoms with Gasteiger partial charge in [-0.1, -0.05) is 19.4 Å². The second-order valence-corrected chi connectivity index (χ2v) is 4.62. The second-order valence-electron chi connectivity index (χ2n) is 2.08. The summed E-state index contributed by atoms with van der Waals surface area (Å²) in [5.74, 6) is -4.73. The largest absolute Gasteiger partial charge is 0.465 e. The average molecular weight is 214 g/mol. The van der Waals surface area contributed by atoms with Crippen LogP contribution in [0, 0.1) is 0 Å². The summed E-state index contributed by atoms with van der Waals surface area (Å²) < 4.78 is 61.2. The number of hydrogen-bond donors (Lipinski definition) is 0. The van der Waals surface area contributed by atoms with E-state index >= 15 is 0 Å². The van der Waals surface area contributed by atoms with Crippen molar-refractivity contribution in [1.29, 1.82) is 0 Å². The van der Waals surface area contributed by atoms with Gasteiger partial charge in [0.1, 0.15) is 0 Å². The summed E-state index contributed by atoms with van der Waals surface area (Å²) in [7, 11) is -9.62. The smallest absolute Gasteiger partial charge is 0.325 e. The lowest BCUT2D eigenvalue weighted by molar-refractivity contribution is -0.140. The van der Waals surface area contributed by atoms with Gasteiger partial charge in [-0.15, -0.1) is 0 Å². The third-order valence-corrected chi connectivity index (χ3v) is 1.48. The van der Waals surface area contributed by atoms with Crippen molar-refractivity contribution in [2.24, 2.45) is 0 Å². The van der Waals surface area contributed by atoms with Crippen molar-refractivity contribution in [3.63, 3.8) is 0 Å². The maximum absolute atomic E-state index is 11.5. The molecule has 8 heteroatoms. The van der Waals surface area contributed by atoms with E-state index in [0.717, 1.165) is 0 Å². The maximum atomic E-state index is 11.5. The van der Waals surface area contributed by atoms with Crippen molar-refractivity contribution in [3.8, 4) is 0 Å². The van der Waals surface area contributed by atoms with E-state index in [-0.39, 0.29) is 6.61 Å². The third kappa shape index (κ3) is 7.58. The van der Waals surface area contributed by atoms with Crippen LogP contribution in [0.25, 0.3) is 0 Å². The zero-order valence-corrected chi connectivity index (χ0v) is 6.85. The number of hydrogen-bond acceptors (Lipinski definition) is 2. The predicted molar refractivity (Wildman–Crippen MR) is 34.6 cm³/mol.